The van der Waals surface area contributed by atoms with Crippen LogP contribution < -0.4 is 5.32 Å². The van der Waals surface area contributed by atoms with Gasteiger partial charge in [-0.2, -0.15) is 0 Å². The molecule has 3 rings (SSSR count). The third kappa shape index (κ3) is 4.55. The summed E-state index contributed by atoms with van der Waals surface area (Å²) in [6.45, 7) is 5.33. The molecule has 1 aromatic carbocycles. The van der Waals surface area contributed by atoms with Crippen molar-refractivity contribution in [2.75, 3.05) is 12.3 Å². The van der Waals surface area contributed by atoms with Gasteiger partial charge in [0, 0.05) is 34.8 Å². The van der Waals surface area contributed by atoms with Crippen molar-refractivity contribution in [1.29, 1.82) is 0 Å². The second kappa shape index (κ2) is 8.72. The Morgan fingerprint density at radius 3 is 2.62 bits per heavy atom. The van der Waals surface area contributed by atoms with Gasteiger partial charge in [-0.15, -0.1) is 11.8 Å². The van der Waals surface area contributed by atoms with Crippen LogP contribution in [0.15, 0.2) is 65.7 Å². The second-order valence-corrected chi connectivity index (χ2v) is 7.28. The second-order valence-electron chi connectivity index (χ2n) is 6.11. The summed E-state index contributed by atoms with van der Waals surface area (Å²) in [6, 6.07) is 18.1. The van der Waals surface area contributed by atoms with Gasteiger partial charge in [-0.3, -0.25) is 9.78 Å². The first-order valence-corrected chi connectivity index (χ1v) is 9.66. The van der Waals surface area contributed by atoms with E-state index < -0.39 is 0 Å². The summed E-state index contributed by atoms with van der Waals surface area (Å²) >= 11 is 1.74. The number of amides is 1. The summed E-state index contributed by atoms with van der Waals surface area (Å²) in [4.78, 5) is 18.1. The molecular weight excluding hydrogens is 342 g/mol. The summed E-state index contributed by atoms with van der Waals surface area (Å²) in [5, 5.41) is 3.03. The van der Waals surface area contributed by atoms with Crippen LogP contribution in [0.4, 0.5) is 0 Å². The van der Waals surface area contributed by atoms with Crippen molar-refractivity contribution in [2.45, 2.75) is 25.3 Å². The third-order valence-electron chi connectivity index (χ3n) is 4.26. The number of rotatable bonds is 7. The molecule has 0 aliphatic carbocycles. The van der Waals surface area contributed by atoms with E-state index in [1.54, 1.807) is 18.0 Å². The monoisotopic (exact) mass is 365 g/mol. The smallest absolute Gasteiger partial charge is 0.253 e. The first kappa shape index (κ1) is 18.3. The average Bonchev–Trinajstić information content (AvgIpc) is 2.95. The lowest BCUT2D eigenvalue weighted by Gasteiger charge is -2.09. The lowest BCUT2D eigenvalue weighted by atomic mass is 10.2. The Labute approximate surface area is 158 Å². The number of carbonyl (C=O) groups is 1. The topological polar surface area (TPSA) is 46.9 Å². The number of pyridine rings is 1. The zero-order chi connectivity index (χ0) is 18.4. The van der Waals surface area contributed by atoms with Gasteiger partial charge in [0.2, 0.25) is 0 Å². The Kier molecular flexibility index (Phi) is 6.12. The molecule has 0 unspecified atom stereocenters. The molecule has 0 saturated carbocycles. The van der Waals surface area contributed by atoms with Gasteiger partial charge in [0.05, 0.1) is 17.8 Å². The van der Waals surface area contributed by atoms with Gasteiger partial charge < -0.3 is 9.88 Å². The minimum absolute atomic E-state index is 0.0148. The summed E-state index contributed by atoms with van der Waals surface area (Å²) in [5.41, 5.74) is 3.77. The molecule has 0 spiro atoms. The van der Waals surface area contributed by atoms with E-state index in [-0.39, 0.29) is 5.91 Å². The molecule has 26 heavy (non-hydrogen) atoms. The maximum Gasteiger partial charge on any atom is 0.253 e. The number of nitrogens with zero attached hydrogens (tertiary/aromatic N) is 2. The number of aryl methyl sites for hydroxylation is 1. The van der Waals surface area contributed by atoms with Crippen LogP contribution in [0.5, 0.6) is 0 Å². The van der Waals surface area contributed by atoms with E-state index in [1.807, 2.05) is 56.3 Å². The van der Waals surface area contributed by atoms with Crippen molar-refractivity contribution in [3.63, 3.8) is 0 Å². The third-order valence-corrected chi connectivity index (χ3v) is 5.28. The molecule has 1 amide bonds. The number of hydrogen-bond donors (Lipinski definition) is 1. The van der Waals surface area contributed by atoms with Gasteiger partial charge >= 0.3 is 0 Å². The van der Waals surface area contributed by atoms with Crippen molar-refractivity contribution in [3.8, 4) is 0 Å². The molecule has 0 saturated heterocycles. The van der Waals surface area contributed by atoms with Crippen LogP contribution in [0.25, 0.3) is 0 Å². The molecule has 0 atom stereocenters. The van der Waals surface area contributed by atoms with E-state index >= 15 is 0 Å². The van der Waals surface area contributed by atoms with Crippen LogP contribution in [-0.2, 0) is 6.54 Å². The molecule has 5 heteroatoms. The molecular formula is C21H23N3OS. The van der Waals surface area contributed by atoms with Crippen molar-refractivity contribution < 1.29 is 4.79 Å². The number of benzene rings is 1. The minimum Gasteiger partial charge on any atom is -0.351 e. The summed E-state index contributed by atoms with van der Waals surface area (Å²) in [5.74, 6) is 0.835. The van der Waals surface area contributed by atoms with Crippen LogP contribution in [0.2, 0.25) is 0 Å². The average molecular weight is 366 g/mol. The van der Waals surface area contributed by atoms with Gasteiger partial charge in [-0.25, -0.2) is 0 Å². The van der Waals surface area contributed by atoms with Crippen LogP contribution in [0.1, 0.15) is 27.4 Å². The predicted octanol–water partition coefficient (Wildman–Crippen LogP) is 4.07. The minimum atomic E-state index is -0.0148. The van der Waals surface area contributed by atoms with E-state index in [0.717, 1.165) is 28.4 Å². The maximum atomic E-state index is 12.5. The molecule has 4 nitrogen and oxygen atoms in total. The van der Waals surface area contributed by atoms with E-state index in [1.165, 1.54) is 4.90 Å². The fourth-order valence-electron chi connectivity index (χ4n) is 2.87. The first-order valence-electron chi connectivity index (χ1n) is 8.68. The highest BCUT2D eigenvalue weighted by Gasteiger charge is 2.15. The Hall–Kier alpha value is -2.53. The van der Waals surface area contributed by atoms with Gasteiger partial charge in [-0.1, -0.05) is 24.3 Å². The largest absolute Gasteiger partial charge is 0.351 e. The highest BCUT2D eigenvalue weighted by molar-refractivity contribution is 7.99. The van der Waals surface area contributed by atoms with Crippen LogP contribution in [0.3, 0.4) is 0 Å². The van der Waals surface area contributed by atoms with E-state index in [0.29, 0.717) is 13.1 Å². The van der Waals surface area contributed by atoms with E-state index in [4.69, 9.17) is 0 Å². The molecule has 0 fully saturated rings. The summed E-state index contributed by atoms with van der Waals surface area (Å²) in [7, 11) is 0. The Balaban J connectivity index is 1.58. The van der Waals surface area contributed by atoms with Gasteiger partial charge in [0.25, 0.3) is 5.91 Å². The van der Waals surface area contributed by atoms with Crippen molar-refractivity contribution in [1.82, 2.24) is 14.9 Å². The number of aromatic nitrogens is 2. The summed E-state index contributed by atoms with van der Waals surface area (Å²) < 4.78 is 2.13. The molecule has 0 bridgehead atoms. The summed E-state index contributed by atoms with van der Waals surface area (Å²) in [6.07, 6.45) is 1.79. The fourth-order valence-corrected chi connectivity index (χ4v) is 3.66. The molecule has 134 valence electrons. The van der Waals surface area contributed by atoms with Crippen molar-refractivity contribution in [2.24, 2.45) is 0 Å². The zero-order valence-electron chi connectivity index (χ0n) is 15.1. The Morgan fingerprint density at radius 2 is 1.88 bits per heavy atom. The highest BCUT2D eigenvalue weighted by atomic mass is 32.2. The molecule has 2 aromatic heterocycles. The number of hydrogen-bond acceptors (Lipinski definition) is 3. The number of thioether (sulfide) groups is 1. The molecule has 2 heterocycles. The lowest BCUT2D eigenvalue weighted by molar-refractivity contribution is 0.0955. The fraction of sp³-hybridized carbons (Fsp3) is 0.238. The molecule has 3 aromatic rings. The van der Waals surface area contributed by atoms with Gasteiger partial charge in [-0.05, 0) is 44.2 Å². The molecule has 1 N–H and O–H groups in total. The van der Waals surface area contributed by atoms with Crippen molar-refractivity contribution in [3.05, 3.63) is 83.4 Å². The first-order chi connectivity index (χ1) is 12.6. The van der Waals surface area contributed by atoms with Crippen LogP contribution >= 0.6 is 11.8 Å². The molecule has 0 aliphatic heterocycles. The zero-order valence-corrected chi connectivity index (χ0v) is 15.9. The lowest BCUT2D eigenvalue weighted by Crippen LogP contribution is -2.26. The van der Waals surface area contributed by atoms with Gasteiger partial charge in [0.1, 0.15) is 0 Å². The maximum absolute atomic E-state index is 12.5. The standard InChI is InChI=1S/C21H23N3OS/c1-16-14-20(17(2)24(16)15-18-8-6-7-11-22-18)21(25)23-12-13-26-19-9-4-3-5-10-19/h3-11,14H,12-13,15H2,1-2H3,(H,23,25). The Morgan fingerprint density at radius 1 is 1.12 bits per heavy atom. The van der Waals surface area contributed by atoms with Crippen LogP contribution in [-0.4, -0.2) is 27.8 Å². The van der Waals surface area contributed by atoms with Crippen molar-refractivity contribution >= 4 is 17.7 Å². The molecule has 0 radical (unpaired) electrons. The van der Waals surface area contributed by atoms with E-state index in [9.17, 15) is 4.79 Å². The van der Waals surface area contributed by atoms with E-state index in [2.05, 4.69) is 27.0 Å². The normalized spacial score (nSPS) is 10.7. The SMILES string of the molecule is Cc1cc(C(=O)NCCSc2ccccc2)c(C)n1Cc1ccccn1. The Bertz CT molecular complexity index is 860. The van der Waals surface area contributed by atoms with Gasteiger partial charge in [0.15, 0.2) is 0 Å². The highest BCUT2D eigenvalue weighted by Crippen LogP contribution is 2.18. The number of nitrogens with one attached hydrogen (secondary N) is 1. The predicted molar refractivity (Wildman–Crippen MR) is 107 cm³/mol. The van der Waals surface area contributed by atoms with Crippen LogP contribution in [0, 0.1) is 13.8 Å². The molecule has 0 aliphatic rings. The quantitative estimate of drug-likeness (QED) is 0.507. The number of carbonyl (C=O) groups excluding carboxylic acids is 1.